The van der Waals surface area contributed by atoms with Gasteiger partial charge in [0.2, 0.25) is 10.0 Å². The van der Waals surface area contributed by atoms with Gasteiger partial charge in [-0.3, -0.25) is 0 Å². The molecule has 4 N–H and O–H groups in total. The number of hydrogen-bond donors (Lipinski definition) is 2. The molecule has 1 heterocycles. The van der Waals surface area contributed by atoms with Crippen LogP contribution in [0.1, 0.15) is 5.56 Å². The quantitative estimate of drug-likeness (QED) is 0.731. The molecule has 128 valence electrons. The normalized spacial score (nSPS) is 11.4. The molecule has 0 aliphatic carbocycles. The first-order valence-corrected chi connectivity index (χ1v) is 9.53. The van der Waals surface area contributed by atoms with Crippen molar-refractivity contribution in [1.82, 2.24) is 4.98 Å². The summed E-state index contributed by atoms with van der Waals surface area (Å²) < 4.78 is 23.0. The molecule has 3 rings (SSSR count). The van der Waals surface area contributed by atoms with Crippen molar-refractivity contribution in [3.8, 4) is 22.3 Å². The second-order valence-electron chi connectivity index (χ2n) is 5.62. The Morgan fingerprint density at radius 2 is 1.56 bits per heavy atom. The molecule has 5 nitrogen and oxygen atoms in total. The van der Waals surface area contributed by atoms with Crippen LogP contribution in [0.15, 0.2) is 60.8 Å². The molecule has 3 aromatic rings. The van der Waals surface area contributed by atoms with E-state index in [1.165, 1.54) is 0 Å². The smallest absolute Gasteiger partial charge is 0.213 e. The summed E-state index contributed by atoms with van der Waals surface area (Å²) in [5, 5.41) is 5.57. The molecule has 7 heteroatoms. The van der Waals surface area contributed by atoms with Crippen molar-refractivity contribution < 1.29 is 8.42 Å². The van der Waals surface area contributed by atoms with Gasteiger partial charge in [0.1, 0.15) is 5.82 Å². The number of aromatic nitrogens is 1. The molecule has 0 atom stereocenters. The van der Waals surface area contributed by atoms with Gasteiger partial charge in [0.25, 0.3) is 0 Å². The van der Waals surface area contributed by atoms with Crippen molar-refractivity contribution in [2.24, 2.45) is 5.14 Å². The summed E-state index contributed by atoms with van der Waals surface area (Å²) in [6.45, 7) is 0. The lowest BCUT2D eigenvalue weighted by Crippen LogP contribution is -2.15. The molecule has 1 aromatic heterocycles. The van der Waals surface area contributed by atoms with Crippen LogP contribution < -0.4 is 10.9 Å². The standard InChI is InChI=1S/C18H16ClN3O2S/c19-17-3-1-2-15(16(17)11-25(21,23)24)13-6-4-12(5-7-13)14-8-9-18(20)22-10-14/h1-10H,11H2,(H2,20,22)(H2,21,23,24). The maximum Gasteiger partial charge on any atom is 0.213 e. The predicted molar refractivity (Wildman–Crippen MR) is 101 cm³/mol. The third kappa shape index (κ3) is 4.17. The highest BCUT2D eigenvalue weighted by Crippen LogP contribution is 2.31. The number of pyridine rings is 1. The van der Waals surface area contributed by atoms with Gasteiger partial charge in [-0.1, -0.05) is 48.0 Å². The van der Waals surface area contributed by atoms with E-state index in [1.54, 1.807) is 24.4 Å². The van der Waals surface area contributed by atoms with Gasteiger partial charge in [-0.25, -0.2) is 18.5 Å². The fourth-order valence-corrected chi connectivity index (χ4v) is 3.63. The second-order valence-corrected chi connectivity index (χ2v) is 7.64. The van der Waals surface area contributed by atoms with E-state index in [9.17, 15) is 8.42 Å². The first-order chi connectivity index (χ1) is 11.8. The van der Waals surface area contributed by atoms with Gasteiger partial charge in [0.15, 0.2) is 0 Å². The Bertz CT molecular complexity index is 1000. The summed E-state index contributed by atoms with van der Waals surface area (Å²) in [4.78, 5) is 4.08. The molecule has 0 radical (unpaired) electrons. The number of halogens is 1. The van der Waals surface area contributed by atoms with Crippen LogP contribution in [-0.2, 0) is 15.8 Å². The van der Waals surface area contributed by atoms with E-state index in [4.69, 9.17) is 22.5 Å². The van der Waals surface area contributed by atoms with Gasteiger partial charge in [-0.15, -0.1) is 0 Å². The molecule has 0 amide bonds. The van der Waals surface area contributed by atoms with Crippen LogP contribution in [0.3, 0.4) is 0 Å². The lowest BCUT2D eigenvalue weighted by molar-refractivity contribution is 0.597. The SMILES string of the molecule is Nc1ccc(-c2ccc(-c3cccc(Cl)c3CS(N)(=O)=O)cc2)cn1. The Morgan fingerprint density at radius 3 is 2.16 bits per heavy atom. The minimum Gasteiger partial charge on any atom is -0.384 e. The topological polar surface area (TPSA) is 99.1 Å². The molecular weight excluding hydrogens is 358 g/mol. The highest BCUT2D eigenvalue weighted by molar-refractivity contribution is 7.88. The number of nitrogen functional groups attached to an aromatic ring is 1. The van der Waals surface area contributed by atoms with Crippen molar-refractivity contribution >= 4 is 27.4 Å². The molecule has 0 aliphatic rings. The molecule has 0 spiro atoms. The van der Waals surface area contributed by atoms with Crippen LogP contribution >= 0.6 is 11.6 Å². The Morgan fingerprint density at radius 1 is 0.920 bits per heavy atom. The summed E-state index contributed by atoms with van der Waals surface area (Å²) in [5.41, 5.74) is 9.61. The zero-order valence-corrected chi connectivity index (χ0v) is 14.8. The van der Waals surface area contributed by atoms with Crippen molar-refractivity contribution in [2.75, 3.05) is 5.73 Å². The van der Waals surface area contributed by atoms with Gasteiger partial charge < -0.3 is 5.73 Å². The van der Waals surface area contributed by atoms with E-state index < -0.39 is 10.0 Å². The molecule has 0 unspecified atom stereocenters. The lowest BCUT2D eigenvalue weighted by Gasteiger charge is -2.12. The van der Waals surface area contributed by atoms with Crippen LogP contribution in [0.5, 0.6) is 0 Å². The van der Waals surface area contributed by atoms with Crippen molar-refractivity contribution in [3.05, 3.63) is 71.4 Å². The van der Waals surface area contributed by atoms with Crippen LogP contribution in [0, 0.1) is 0 Å². The monoisotopic (exact) mass is 373 g/mol. The van der Waals surface area contributed by atoms with Crippen LogP contribution in [0.4, 0.5) is 5.82 Å². The van der Waals surface area contributed by atoms with E-state index in [2.05, 4.69) is 4.98 Å². The van der Waals surface area contributed by atoms with Gasteiger partial charge in [-0.2, -0.15) is 0 Å². The number of nitrogens with zero attached hydrogens (tertiary/aromatic N) is 1. The van der Waals surface area contributed by atoms with Gasteiger partial charge in [0, 0.05) is 16.8 Å². The van der Waals surface area contributed by atoms with Gasteiger partial charge >= 0.3 is 0 Å². The molecular formula is C18H16ClN3O2S. The highest BCUT2D eigenvalue weighted by atomic mass is 35.5. The van der Waals surface area contributed by atoms with Crippen LogP contribution in [0.2, 0.25) is 5.02 Å². The Hall–Kier alpha value is -2.41. The van der Waals surface area contributed by atoms with Crippen LogP contribution in [-0.4, -0.2) is 13.4 Å². The van der Waals surface area contributed by atoms with Crippen LogP contribution in [0.25, 0.3) is 22.3 Å². The zero-order valence-electron chi connectivity index (χ0n) is 13.2. The third-order valence-corrected chi connectivity index (χ3v) is 4.83. The molecule has 0 aliphatic heterocycles. The summed E-state index contributed by atoms with van der Waals surface area (Å²) in [7, 11) is -3.69. The Balaban J connectivity index is 2.00. The van der Waals surface area contributed by atoms with E-state index >= 15 is 0 Å². The summed E-state index contributed by atoms with van der Waals surface area (Å²) >= 11 is 6.19. The van der Waals surface area contributed by atoms with E-state index in [0.717, 1.165) is 22.3 Å². The first kappa shape index (κ1) is 17.4. The van der Waals surface area contributed by atoms with Crippen molar-refractivity contribution in [1.29, 1.82) is 0 Å². The number of nitrogens with two attached hydrogens (primary N) is 2. The number of sulfonamides is 1. The number of benzene rings is 2. The number of anilines is 1. The van der Waals surface area contributed by atoms with Gasteiger partial charge in [0.05, 0.1) is 5.75 Å². The molecule has 0 saturated heterocycles. The fourth-order valence-electron chi connectivity index (χ4n) is 2.60. The number of rotatable bonds is 4. The lowest BCUT2D eigenvalue weighted by atomic mass is 9.98. The fraction of sp³-hybridized carbons (Fsp3) is 0.0556. The zero-order chi connectivity index (χ0) is 18.0. The number of primary sulfonamides is 1. The van der Waals surface area contributed by atoms with E-state index in [-0.39, 0.29) is 5.75 Å². The summed E-state index contributed by atoms with van der Waals surface area (Å²) in [6, 6.07) is 16.6. The average Bonchev–Trinajstić information content (AvgIpc) is 2.57. The first-order valence-electron chi connectivity index (χ1n) is 7.44. The molecule has 25 heavy (non-hydrogen) atoms. The Kier molecular flexibility index (Phi) is 4.76. The molecule has 0 bridgehead atoms. The van der Waals surface area contributed by atoms with Gasteiger partial charge in [-0.05, 0) is 40.5 Å². The predicted octanol–water partition coefficient (Wildman–Crippen LogP) is 3.44. The second kappa shape index (κ2) is 6.84. The average molecular weight is 374 g/mol. The summed E-state index contributed by atoms with van der Waals surface area (Å²) in [5.74, 6) is 0.151. The van der Waals surface area contributed by atoms with E-state index in [0.29, 0.717) is 16.4 Å². The number of hydrogen-bond acceptors (Lipinski definition) is 4. The van der Waals surface area contributed by atoms with Crippen molar-refractivity contribution in [3.63, 3.8) is 0 Å². The minimum absolute atomic E-state index is 0.314. The minimum atomic E-state index is -3.69. The summed E-state index contributed by atoms with van der Waals surface area (Å²) in [6.07, 6.45) is 1.70. The largest absolute Gasteiger partial charge is 0.384 e. The Labute approximate surface area is 151 Å². The molecule has 0 saturated carbocycles. The maximum absolute atomic E-state index is 11.5. The third-order valence-electron chi connectivity index (χ3n) is 3.78. The van der Waals surface area contributed by atoms with E-state index in [1.807, 2.05) is 36.4 Å². The molecule has 2 aromatic carbocycles. The molecule has 0 fully saturated rings. The maximum atomic E-state index is 11.5. The van der Waals surface area contributed by atoms with Crippen molar-refractivity contribution in [2.45, 2.75) is 5.75 Å². The highest BCUT2D eigenvalue weighted by Gasteiger charge is 2.14.